The van der Waals surface area contributed by atoms with Crippen LogP contribution in [0.15, 0.2) is 67.0 Å². The largest absolute Gasteiger partial charge is 0.478 e. The molecule has 0 saturated heterocycles. The van der Waals surface area contributed by atoms with E-state index >= 15 is 0 Å². The third-order valence-corrected chi connectivity index (χ3v) is 3.46. The van der Waals surface area contributed by atoms with Crippen molar-refractivity contribution >= 4 is 5.97 Å². The molecule has 0 atom stereocenters. The minimum Gasteiger partial charge on any atom is -0.478 e. The number of nitrogens with zero attached hydrogens (tertiary/aromatic N) is 1. The number of aromatic nitrogens is 1. The second-order valence-corrected chi connectivity index (χ2v) is 5.03. The third-order valence-electron chi connectivity index (χ3n) is 3.46. The summed E-state index contributed by atoms with van der Waals surface area (Å²) in [5.74, 6) is -0.904. The molecule has 0 unspecified atom stereocenters. The summed E-state index contributed by atoms with van der Waals surface area (Å²) in [7, 11) is 0. The molecule has 1 N–H and O–H groups in total. The molecule has 3 rings (SSSR count). The molecule has 0 fully saturated rings. The average molecular weight is 277 g/mol. The normalized spacial score (nSPS) is 10.5. The minimum absolute atomic E-state index is 0.303. The summed E-state index contributed by atoms with van der Waals surface area (Å²) in [6.45, 7) is 2.07. The van der Waals surface area contributed by atoms with E-state index in [0.29, 0.717) is 5.56 Å². The fraction of sp³-hybridized carbons (Fsp3) is 0.0556. The maximum absolute atomic E-state index is 10.9. The Kier molecular flexibility index (Phi) is 3.32. The van der Waals surface area contributed by atoms with Crippen molar-refractivity contribution in [2.75, 3.05) is 0 Å². The molecule has 0 saturated carbocycles. The summed E-state index contributed by atoms with van der Waals surface area (Å²) in [6, 6.07) is 17.2. The van der Waals surface area contributed by atoms with Gasteiger partial charge in [0.2, 0.25) is 0 Å². The standard InChI is InChI=1S/C18H15NO2/c1-13-3-2-4-17(11-13)19-10-9-16(12-19)14-5-7-15(8-6-14)18(20)21/h2-12H,1H3,(H,20,21). The highest BCUT2D eigenvalue weighted by molar-refractivity contribution is 5.88. The van der Waals surface area contributed by atoms with Gasteiger partial charge in [-0.25, -0.2) is 4.79 Å². The van der Waals surface area contributed by atoms with Crippen molar-refractivity contribution in [1.82, 2.24) is 4.57 Å². The maximum atomic E-state index is 10.9. The molecule has 0 aliphatic rings. The van der Waals surface area contributed by atoms with E-state index in [9.17, 15) is 4.79 Å². The molecule has 1 aromatic heterocycles. The molecule has 0 aliphatic heterocycles. The summed E-state index contributed by atoms with van der Waals surface area (Å²) < 4.78 is 2.06. The number of aryl methyl sites for hydroxylation is 1. The molecule has 21 heavy (non-hydrogen) atoms. The van der Waals surface area contributed by atoms with E-state index in [4.69, 9.17) is 5.11 Å². The van der Waals surface area contributed by atoms with Crippen molar-refractivity contribution < 1.29 is 9.90 Å². The van der Waals surface area contributed by atoms with Crippen LogP contribution in [0.5, 0.6) is 0 Å². The van der Waals surface area contributed by atoms with Gasteiger partial charge in [-0.05, 0) is 53.9 Å². The van der Waals surface area contributed by atoms with E-state index < -0.39 is 5.97 Å². The van der Waals surface area contributed by atoms with Crippen molar-refractivity contribution in [1.29, 1.82) is 0 Å². The second kappa shape index (κ2) is 5.29. The van der Waals surface area contributed by atoms with Crippen LogP contribution < -0.4 is 0 Å². The van der Waals surface area contributed by atoms with Gasteiger partial charge >= 0.3 is 5.97 Å². The molecule has 0 spiro atoms. The molecule has 3 aromatic rings. The van der Waals surface area contributed by atoms with Crippen molar-refractivity contribution in [3.8, 4) is 16.8 Å². The smallest absolute Gasteiger partial charge is 0.335 e. The molecule has 0 aliphatic carbocycles. The van der Waals surface area contributed by atoms with Crippen molar-refractivity contribution in [2.24, 2.45) is 0 Å². The number of hydrogen-bond acceptors (Lipinski definition) is 1. The quantitative estimate of drug-likeness (QED) is 0.781. The fourth-order valence-electron chi connectivity index (χ4n) is 2.32. The summed E-state index contributed by atoms with van der Waals surface area (Å²) >= 11 is 0. The number of rotatable bonds is 3. The Bertz CT molecular complexity index is 785. The highest BCUT2D eigenvalue weighted by Gasteiger charge is 2.05. The molecule has 2 aromatic carbocycles. The zero-order chi connectivity index (χ0) is 14.8. The third kappa shape index (κ3) is 2.72. The molecular formula is C18H15NO2. The van der Waals surface area contributed by atoms with Gasteiger partial charge in [0.25, 0.3) is 0 Å². The summed E-state index contributed by atoms with van der Waals surface area (Å²) in [5, 5.41) is 8.92. The van der Waals surface area contributed by atoms with Gasteiger partial charge < -0.3 is 9.67 Å². The minimum atomic E-state index is -0.904. The highest BCUT2D eigenvalue weighted by atomic mass is 16.4. The topological polar surface area (TPSA) is 42.2 Å². The Morgan fingerprint density at radius 3 is 2.43 bits per heavy atom. The van der Waals surface area contributed by atoms with Gasteiger partial charge in [-0.1, -0.05) is 24.3 Å². The van der Waals surface area contributed by atoms with Crippen LogP contribution in [0.25, 0.3) is 16.8 Å². The van der Waals surface area contributed by atoms with Crippen molar-refractivity contribution in [3.63, 3.8) is 0 Å². The lowest BCUT2D eigenvalue weighted by molar-refractivity contribution is 0.0697. The highest BCUT2D eigenvalue weighted by Crippen LogP contribution is 2.22. The Hall–Kier alpha value is -2.81. The van der Waals surface area contributed by atoms with Crippen LogP contribution in [-0.4, -0.2) is 15.6 Å². The number of carbonyl (C=O) groups is 1. The van der Waals surface area contributed by atoms with E-state index in [-0.39, 0.29) is 0 Å². The lowest BCUT2D eigenvalue weighted by Crippen LogP contribution is -1.94. The lowest BCUT2D eigenvalue weighted by Gasteiger charge is -2.04. The van der Waals surface area contributed by atoms with Gasteiger partial charge in [0, 0.05) is 18.1 Å². The van der Waals surface area contributed by atoms with Gasteiger partial charge in [0.05, 0.1) is 5.56 Å². The number of hydrogen-bond donors (Lipinski definition) is 1. The van der Waals surface area contributed by atoms with E-state index in [1.165, 1.54) is 5.56 Å². The zero-order valence-corrected chi connectivity index (χ0v) is 11.7. The second-order valence-electron chi connectivity index (χ2n) is 5.03. The SMILES string of the molecule is Cc1cccc(-n2ccc(-c3ccc(C(=O)O)cc3)c2)c1. The molecule has 104 valence electrons. The Labute approximate surface area is 123 Å². The fourth-order valence-corrected chi connectivity index (χ4v) is 2.32. The number of benzene rings is 2. The van der Waals surface area contributed by atoms with Gasteiger partial charge in [0.1, 0.15) is 0 Å². The van der Waals surface area contributed by atoms with Crippen molar-refractivity contribution in [2.45, 2.75) is 6.92 Å². The lowest BCUT2D eigenvalue weighted by atomic mass is 10.1. The molecule has 1 heterocycles. The first kappa shape index (κ1) is 13.2. The van der Waals surface area contributed by atoms with E-state index in [0.717, 1.165) is 16.8 Å². The van der Waals surface area contributed by atoms with Gasteiger partial charge in [0.15, 0.2) is 0 Å². The predicted molar refractivity (Wildman–Crippen MR) is 82.9 cm³/mol. The molecule has 0 amide bonds. The zero-order valence-electron chi connectivity index (χ0n) is 11.7. The Morgan fingerprint density at radius 1 is 1.00 bits per heavy atom. The van der Waals surface area contributed by atoms with Crippen LogP contribution >= 0.6 is 0 Å². The summed E-state index contributed by atoms with van der Waals surface area (Å²) in [6.07, 6.45) is 4.06. The van der Waals surface area contributed by atoms with Crippen LogP contribution in [0.3, 0.4) is 0 Å². The average Bonchev–Trinajstić information content (AvgIpc) is 2.97. The molecular weight excluding hydrogens is 262 g/mol. The Morgan fingerprint density at radius 2 is 1.76 bits per heavy atom. The van der Waals surface area contributed by atoms with Gasteiger partial charge in [-0.3, -0.25) is 0 Å². The number of carboxylic acid groups (broad SMARTS) is 1. The predicted octanol–water partition coefficient (Wildman–Crippen LogP) is 4.15. The summed E-state index contributed by atoms with van der Waals surface area (Å²) in [5.41, 5.74) is 4.70. The van der Waals surface area contributed by atoms with Gasteiger partial charge in [-0.15, -0.1) is 0 Å². The molecule has 0 bridgehead atoms. The first-order valence-electron chi connectivity index (χ1n) is 6.72. The first-order chi connectivity index (χ1) is 10.1. The summed E-state index contributed by atoms with van der Waals surface area (Å²) in [4.78, 5) is 10.9. The van der Waals surface area contributed by atoms with Crippen molar-refractivity contribution in [3.05, 3.63) is 78.1 Å². The van der Waals surface area contributed by atoms with E-state index in [1.54, 1.807) is 12.1 Å². The molecule has 3 nitrogen and oxygen atoms in total. The van der Waals surface area contributed by atoms with Crippen LogP contribution in [0.4, 0.5) is 0 Å². The molecule has 3 heteroatoms. The monoisotopic (exact) mass is 277 g/mol. The van der Waals surface area contributed by atoms with E-state index in [2.05, 4.69) is 29.7 Å². The Balaban J connectivity index is 1.93. The van der Waals surface area contributed by atoms with Crippen LogP contribution in [0.2, 0.25) is 0 Å². The molecule has 0 radical (unpaired) electrons. The number of aromatic carboxylic acids is 1. The van der Waals surface area contributed by atoms with E-state index in [1.807, 2.05) is 36.7 Å². The number of carboxylic acids is 1. The maximum Gasteiger partial charge on any atom is 0.335 e. The first-order valence-corrected chi connectivity index (χ1v) is 6.72. The van der Waals surface area contributed by atoms with Gasteiger partial charge in [-0.2, -0.15) is 0 Å². The van der Waals surface area contributed by atoms with Crippen LogP contribution in [-0.2, 0) is 0 Å². The van der Waals surface area contributed by atoms with Crippen LogP contribution in [0.1, 0.15) is 15.9 Å². The van der Waals surface area contributed by atoms with Crippen LogP contribution in [0, 0.1) is 6.92 Å².